The molecule has 96 valence electrons. The predicted molar refractivity (Wildman–Crippen MR) is 76.3 cm³/mol. The minimum absolute atomic E-state index is 0.135. The van der Waals surface area contributed by atoms with Gasteiger partial charge in [-0.3, -0.25) is 15.1 Å². The van der Waals surface area contributed by atoms with E-state index < -0.39 is 0 Å². The van der Waals surface area contributed by atoms with Gasteiger partial charge < -0.3 is 0 Å². The van der Waals surface area contributed by atoms with Crippen molar-refractivity contribution >= 4 is 17.6 Å². The Morgan fingerprint density at radius 2 is 1.74 bits per heavy atom. The molecule has 0 bridgehead atoms. The Morgan fingerprint density at radius 3 is 2.37 bits per heavy atom. The number of hydrogen-bond acceptors (Lipinski definition) is 3. The van der Waals surface area contributed by atoms with Crippen LogP contribution >= 0.6 is 0 Å². The predicted octanol–water partition coefficient (Wildman–Crippen LogP) is 3.96. The third-order valence-electron chi connectivity index (χ3n) is 3.08. The first kappa shape index (κ1) is 13.0. The molecule has 0 N–H and O–H groups in total. The van der Waals surface area contributed by atoms with Crippen LogP contribution in [0.5, 0.6) is 0 Å². The number of nitro groups is 1. The number of nitrogens with zero attached hydrogens (tertiary/aromatic N) is 2. The quantitative estimate of drug-likeness (QED) is 0.473. The maximum absolute atomic E-state index is 10.8. The molecule has 0 radical (unpaired) electrons. The van der Waals surface area contributed by atoms with Crippen LogP contribution < -0.4 is 0 Å². The van der Waals surface area contributed by atoms with Crippen molar-refractivity contribution in [3.8, 4) is 0 Å². The molecule has 4 heteroatoms. The Labute approximate surface area is 111 Å². The summed E-state index contributed by atoms with van der Waals surface area (Å²) < 4.78 is 0. The lowest BCUT2D eigenvalue weighted by Crippen LogP contribution is -1.94. The van der Waals surface area contributed by atoms with Crippen molar-refractivity contribution in [2.45, 2.75) is 13.8 Å². The molecule has 0 heterocycles. The molecule has 2 aromatic rings. The summed E-state index contributed by atoms with van der Waals surface area (Å²) in [5.74, 6) is 0. The van der Waals surface area contributed by atoms with Gasteiger partial charge in [0.15, 0.2) is 0 Å². The average Bonchev–Trinajstić information content (AvgIpc) is 2.41. The highest BCUT2D eigenvalue weighted by molar-refractivity contribution is 5.82. The second kappa shape index (κ2) is 5.44. The molecule has 4 nitrogen and oxygen atoms in total. The highest BCUT2D eigenvalue weighted by atomic mass is 16.6. The molecule has 0 saturated heterocycles. The van der Waals surface area contributed by atoms with Gasteiger partial charge in [-0.15, -0.1) is 0 Å². The zero-order valence-corrected chi connectivity index (χ0v) is 10.8. The molecule has 0 aliphatic heterocycles. The lowest BCUT2D eigenvalue weighted by atomic mass is 10.1. The fourth-order valence-corrected chi connectivity index (χ4v) is 1.81. The number of benzene rings is 2. The SMILES string of the molecule is Cc1c(N=Cc2ccccc2)ccc([N+](=O)[O-])c1C. The smallest absolute Gasteiger partial charge is 0.258 e. The first-order chi connectivity index (χ1) is 9.09. The Balaban J connectivity index is 2.35. The van der Waals surface area contributed by atoms with Crippen LogP contribution in [-0.4, -0.2) is 11.1 Å². The summed E-state index contributed by atoms with van der Waals surface area (Å²) in [7, 11) is 0. The van der Waals surface area contributed by atoms with E-state index in [9.17, 15) is 10.1 Å². The summed E-state index contributed by atoms with van der Waals surface area (Å²) in [5.41, 5.74) is 3.38. The van der Waals surface area contributed by atoms with Crippen LogP contribution in [0, 0.1) is 24.0 Å². The average molecular weight is 254 g/mol. The molecule has 2 aromatic carbocycles. The second-order valence-corrected chi connectivity index (χ2v) is 4.28. The van der Waals surface area contributed by atoms with E-state index in [1.165, 1.54) is 6.07 Å². The van der Waals surface area contributed by atoms with Crippen LogP contribution in [-0.2, 0) is 0 Å². The molecule has 0 amide bonds. The zero-order chi connectivity index (χ0) is 13.8. The van der Waals surface area contributed by atoms with Crippen LogP contribution in [0.3, 0.4) is 0 Å². The Kier molecular flexibility index (Phi) is 3.71. The number of nitro benzene ring substituents is 1. The van der Waals surface area contributed by atoms with E-state index in [0.29, 0.717) is 5.56 Å². The van der Waals surface area contributed by atoms with E-state index in [4.69, 9.17) is 0 Å². The van der Waals surface area contributed by atoms with E-state index in [1.807, 2.05) is 37.3 Å². The third kappa shape index (κ3) is 2.85. The largest absolute Gasteiger partial charge is 0.272 e. The van der Waals surface area contributed by atoms with Gasteiger partial charge in [-0.2, -0.15) is 0 Å². The van der Waals surface area contributed by atoms with Crippen molar-refractivity contribution in [3.05, 3.63) is 69.3 Å². The van der Waals surface area contributed by atoms with Crippen molar-refractivity contribution in [3.63, 3.8) is 0 Å². The van der Waals surface area contributed by atoms with E-state index in [2.05, 4.69) is 4.99 Å². The highest BCUT2D eigenvalue weighted by Gasteiger charge is 2.13. The van der Waals surface area contributed by atoms with Crippen LogP contribution in [0.2, 0.25) is 0 Å². The standard InChI is InChI=1S/C15H14N2O2/c1-11-12(2)15(17(18)19)9-8-14(11)16-10-13-6-4-3-5-7-13/h3-10H,1-2H3. The van der Waals surface area contributed by atoms with E-state index in [-0.39, 0.29) is 10.6 Å². The summed E-state index contributed by atoms with van der Waals surface area (Å²) in [4.78, 5) is 14.9. The minimum Gasteiger partial charge on any atom is -0.258 e. The van der Waals surface area contributed by atoms with Gasteiger partial charge in [-0.05, 0) is 31.0 Å². The molecule has 0 aliphatic carbocycles. The topological polar surface area (TPSA) is 55.5 Å². The summed E-state index contributed by atoms with van der Waals surface area (Å²) >= 11 is 0. The van der Waals surface area contributed by atoms with Crippen molar-refractivity contribution in [1.82, 2.24) is 0 Å². The molecule has 0 aromatic heterocycles. The minimum atomic E-state index is -0.368. The van der Waals surface area contributed by atoms with Gasteiger partial charge >= 0.3 is 0 Å². The Bertz CT molecular complexity index is 634. The summed E-state index contributed by atoms with van der Waals surface area (Å²) in [6.45, 7) is 3.59. The number of rotatable bonds is 3. The first-order valence-corrected chi connectivity index (χ1v) is 5.93. The zero-order valence-electron chi connectivity index (χ0n) is 10.8. The summed E-state index contributed by atoms with van der Waals surface area (Å²) in [6.07, 6.45) is 1.76. The molecule has 2 rings (SSSR count). The fraction of sp³-hybridized carbons (Fsp3) is 0.133. The second-order valence-electron chi connectivity index (χ2n) is 4.28. The van der Waals surface area contributed by atoms with Crippen molar-refractivity contribution < 1.29 is 4.92 Å². The molecule has 19 heavy (non-hydrogen) atoms. The molecular weight excluding hydrogens is 240 g/mol. The van der Waals surface area contributed by atoms with E-state index in [0.717, 1.165) is 16.8 Å². The van der Waals surface area contributed by atoms with Crippen LogP contribution in [0.4, 0.5) is 11.4 Å². The van der Waals surface area contributed by atoms with Crippen LogP contribution in [0.1, 0.15) is 16.7 Å². The highest BCUT2D eigenvalue weighted by Crippen LogP contribution is 2.28. The van der Waals surface area contributed by atoms with E-state index in [1.54, 1.807) is 19.2 Å². The van der Waals surface area contributed by atoms with Gasteiger partial charge in [0, 0.05) is 17.8 Å². The lowest BCUT2D eigenvalue weighted by Gasteiger charge is -2.04. The molecule has 0 atom stereocenters. The maximum atomic E-state index is 10.8. The third-order valence-corrected chi connectivity index (χ3v) is 3.08. The van der Waals surface area contributed by atoms with Crippen LogP contribution in [0.25, 0.3) is 0 Å². The number of aliphatic imine (C=N–C) groups is 1. The molecule has 0 spiro atoms. The first-order valence-electron chi connectivity index (χ1n) is 5.93. The maximum Gasteiger partial charge on any atom is 0.272 e. The monoisotopic (exact) mass is 254 g/mol. The van der Waals surface area contributed by atoms with Crippen molar-refractivity contribution in [2.24, 2.45) is 4.99 Å². The number of hydrogen-bond donors (Lipinski definition) is 0. The Morgan fingerprint density at radius 1 is 1.05 bits per heavy atom. The van der Waals surface area contributed by atoms with Crippen LogP contribution in [0.15, 0.2) is 47.5 Å². The molecule has 0 aliphatic rings. The molecule has 0 fully saturated rings. The lowest BCUT2D eigenvalue weighted by molar-refractivity contribution is -0.385. The fourth-order valence-electron chi connectivity index (χ4n) is 1.81. The summed E-state index contributed by atoms with van der Waals surface area (Å²) in [6, 6.07) is 12.9. The summed E-state index contributed by atoms with van der Waals surface area (Å²) in [5, 5.41) is 10.8. The van der Waals surface area contributed by atoms with Gasteiger partial charge in [0.1, 0.15) is 0 Å². The van der Waals surface area contributed by atoms with Gasteiger partial charge in [0.2, 0.25) is 0 Å². The normalized spacial score (nSPS) is 10.8. The van der Waals surface area contributed by atoms with E-state index >= 15 is 0 Å². The molecule has 0 saturated carbocycles. The van der Waals surface area contributed by atoms with Gasteiger partial charge in [-0.1, -0.05) is 30.3 Å². The van der Waals surface area contributed by atoms with Gasteiger partial charge in [0.05, 0.1) is 10.6 Å². The Hall–Kier alpha value is -2.49. The van der Waals surface area contributed by atoms with Crippen molar-refractivity contribution in [2.75, 3.05) is 0 Å². The molecule has 0 unspecified atom stereocenters. The molecular formula is C15H14N2O2. The van der Waals surface area contributed by atoms with Crippen molar-refractivity contribution in [1.29, 1.82) is 0 Å². The van der Waals surface area contributed by atoms with Gasteiger partial charge in [-0.25, -0.2) is 0 Å². The van der Waals surface area contributed by atoms with Gasteiger partial charge in [0.25, 0.3) is 5.69 Å².